The fourth-order valence-corrected chi connectivity index (χ4v) is 1.73. The number of anilines is 1. The van der Waals surface area contributed by atoms with E-state index in [1.807, 2.05) is 13.0 Å². The normalized spacial score (nSPS) is 15.7. The number of hydrogen-bond donors (Lipinski definition) is 0. The number of rotatable bonds is 0. The van der Waals surface area contributed by atoms with Crippen molar-refractivity contribution in [2.45, 2.75) is 13.3 Å². The highest BCUT2D eigenvalue weighted by atomic mass is 35.5. The molecule has 0 saturated heterocycles. The first kappa shape index (κ1) is 10.3. The van der Waals surface area contributed by atoms with Gasteiger partial charge in [0.2, 0.25) is 5.91 Å². The molecule has 0 atom stereocenters. The Morgan fingerprint density at radius 3 is 2.93 bits per heavy atom. The van der Waals surface area contributed by atoms with Crippen LogP contribution in [-0.4, -0.2) is 19.6 Å². The molecule has 1 aliphatic rings. The van der Waals surface area contributed by atoms with Crippen molar-refractivity contribution in [1.82, 2.24) is 0 Å². The minimum Gasteiger partial charge on any atom is -0.491 e. The highest BCUT2D eigenvalue weighted by molar-refractivity contribution is 6.31. The van der Waals surface area contributed by atoms with Crippen LogP contribution in [0.2, 0.25) is 5.02 Å². The Morgan fingerprint density at radius 1 is 1.47 bits per heavy atom. The van der Waals surface area contributed by atoms with Crippen LogP contribution in [0.3, 0.4) is 0 Å². The van der Waals surface area contributed by atoms with Crippen LogP contribution in [0.1, 0.15) is 12.0 Å². The van der Waals surface area contributed by atoms with Gasteiger partial charge in [-0.3, -0.25) is 4.79 Å². The van der Waals surface area contributed by atoms with Gasteiger partial charge in [0.05, 0.1) is 18.7 Å². The maximum atomic E-state index is 11.6. The lowest BCUT2D eigenvalue weighted by Crippen LogP contribution is -2.25. The maximum Gasteiger partial charge on any atom is 0.230 e. The molecule has 1 heterocycles. The van der Waals surface area contributed by atoms with Crippen molar-refractivity contribution >= 4 is 23.2 Å². The van der Waals surface area contributed by atoms with Crippen LogP contribution in [0.15, 0.2) is 12.1 Å². The van der Waals surface area contributed by atoms with Gasteiger partial charge in [-0.15, -0.1) is 0 Å². The lowest BCUT2D eigenvalue weighted by Gasteiger charge is -2.17. The highest BCUT2D eigenvalue weighted by Crippen LogP contribution is 2.35. The number of carbonyl (C=O) groups excluding carboxylic acids is 1. The number of benzene rings is 1. The Hall–Kier alpha value is -1.22. The van der Waals surface area contributed by atoms with Gasteiger partial charge in [0.1, 0.15) is 5.75 Å². The smallest absolute Gasteiger partial charge is 0.230 e. The summed E-state index contributed by atoms with van der Waals surface area (Å²) >= 11 is 6.00. The molecule has 0 unspecified atom stereocenters. The summed E-state index contributed by atoms with van der Waals surface area (Å²) in [5.74, 6) is 0.745. The Kier molecular flexibility index (Phi) is 2.57. The van der Waals surface area contributed by atoms with Crippen molar-refractivity contribution in [2.24, 2.45) is 0 Å². The van der Waals surface area contributed by atoms with E-state index in [2.05, 4.69) is 0 Å². The van der Waals surface area contributed by atoms with Crippen LogP contribution in [0.25, 0.3) is 0 Å². The van der Waals surface area contributed by atoms with Crippen molar-refractivity contribution in [3.05, 3.63) is 22.7 Å². The van der Waals surface area contributed by atoms with Crippen LogP contribution in [0, 0.1) is 6.92 Å². The predicted molar refractivity (Wildman–Crippen MR) is 59.7 cm³/mol. The molecular formula is C11H12ClNO2. The summed E-state index contributed by atoms with van der Waals surface area (Å²) in [4.78, 5) is 13.2. The van der Waals surface area contributed by atoms with Crippen molar-refractivity contribution < 1.29 is 9.53 Å². The second-order valence-corrected chi connectivity index (χ2v) is 4.03. The van der Waals surface area contributed by atoms with E-state index in [0.29, 0.717) is 23.8 Å². The molecule has 1 aliphatic heterocycles. The summed E-state index contributed by atoms with van der Waals surface area (Å²) in [6.07, 6.45) is 0.405. The van der Waals surface area contributed by atoms with Gasteiger partial charge in [0.25, 0.3) is 0 Å². The molecule has 3 nitrogen and oxygen atoms in total. The third-order valence-corrected chi connectivity index (χ3v) is 2.96. The Balaban J connectivity index is 2.54. The number of fused-ring (bicyclic) bond motifs is 1. The highest BCUT2D eigenvalue weighted by Gasteiger charge is 2.20. The maximum absolute atomic E-state index is 11.6. The monoisotopic (exact) mass is 225 g/mol. The van der Waals surface area contributed by atoms with E-state index in [9.17, 15) is 4.79 Å². The summed E-state index contributed by atoms with van der Waals surface area (Å²) in [6, 6.07) is 3.64. The molecule has 2 rings (SSSR count). The van der Waals surface area contributed by atoms with Gasteiger partial charge in [-0.05, 0) is 18.6 Å². The van der Waals surface area contributed by atoms with Crippen LogP contribution >= 0.6 is 11.6 Å². The summed E-state index contributed by atoms with van der Waals surface area (Å²) in [5, 5.41) is 0.663. The van der Waals surface area contributed by atoms with E-state index in [0.717, 1.165) is 11.3 Å². The second kappa shape index (κ2) is 3.74. The van der Waals surface area contributed by atoms with E-state index in [4.69, 9.17) is 16.3 Å². The molecule has 0 spiro atoms. The molecule has 80 valence electrons. The fourth-order valence-electron chi connectivity index (χ4n) is 1.58. The van der Waals surface area contributed by atoms with Gasteiger partial charge >= 0.3 is 0 Å². The second-order valence-electron chi connectivity index (χ2n) is 3.62. The Morgan fingerprint density at radius 2 is 2.20 bits per heavy atom. The molecule has 1 amide bonds. The molecule has 0 aliphatic carbocycles. The summed E-state index contributed by atoms with van der Waals surface area (Å²) in [5.41, 5.74) is 1.74. The van der Waals surface area contributed by atoms with Gasteiger partial charge in [0, 0.05) is 18.1 Å². The zero-order valence-corrected chi connectivity index (χ0v) is 9.47. The van der Waals surface area contributed by atoms with Crippen LogP contribution < -0.4 is 9.64 Å². The van der Waals surface area contributed by atoms with Crippen molar-refractivity contribution in [3.8, 4) is 5.75 Å². The molecular weight excluding hydrogens is 214 g/mol. The van der Waals surface area contributed by atoms with Crippen molar-refractivity contribution in [1.29, 1.82) is 0 Å². The molecule has 1 aromatic carbocycles. The lowest BCUT2D eigenvalue weighted by molar-refractivity contribution is -0.118. The number of aryl methyl sites for hydroxylation is 1. The summed E-state index contributed by atoms with van der Waals surface area (Å²) in [7, 11) is 1.75. The standard InChI is InChI=1S/C11H12ClNO2/c1-7-5-9-10(6-8(7)12)15-4-3-11(14)13(9)2/h5-6H,3-4H2,1-2H3. The third kappa shape index (κ3) is 1.79. The molecule has 0 N–H and O–H groups in total. The van der Waals surface area contributed by atoms with Crippen LogP contribution in [0.5, 0.6) is 5.75 Å². The topological polar surface area (TPSA) is 29.5 Å². The first-order valence-electron chi connectivity index (χ1n) is 4.79. The number of ether oxygens (including phenoxy) is 1. The van der Waals surface area contributed by atoms with E-state index < -0.39 is 0 Å². The summed E-state index contributed by atoms with van der Waals surface area (Å²) < 4.78 is 5.48. The van der Waals surface area contributed by atoms with E-state index in [1.54, 1.807) is 18.0 Å². The van der Waals surface area contributed by atoms with Crippen LogP contribution in [0.4, 0.5) is 5.69 Å². The Labute approximate surface area is 93.6 Å². The molecule has 0 bridgehead atoms. The predicted octanol–water partition coefficient (Wildman–Crippen LogP) is 2.39. The number of carbonyl (C=O) groups is 1. The Bertz CT molecular complexity index is 417. The molecule has 4 heteroatoms. The average molecular weight is 226 g/mol. The number of nitrogens with zero attached hydrogens (tertiary/aromatic N) is 1. The minimum absolute atomic E-state index is 0.0653. The van der Waals surface area contributed by atoms with Gasteiger partial charge < -0.3 is 9.64 Å². The summed E-state index contributed by atoms with van der Waals surface area (Å²) in [6.45, 7) is 2.32. The van der Waals surface area contributed by atoms with E-state index in [1.165, 1.54) is 0 Å². The quantitative estimate of drug-likeness (QED) is 0.679. The fraction of sp³-hybridized carbons (Fsp3) is 0.364. The van der Waals surface area contributed by atoms with E-state index in [-0.39, 0.29) is 5.91 Å². The van der Waals surface area contributed by atoms with Crippen LogP contribution in [-0.2, 0) is 4.79 Å². The van der Waals surface area contributed by atoms with Crippen molar-refractivity contribution in [2.75, 3.05) is 18.6 Å². The molecule has 0 radical (unpaired) electrons. The molecule has 15 heavy (non-hydrogen) atoms. The zero-order chi connectivity index (χ0) is 11.0. The number of amides is 1. The van der Waals surface area contributed by atoms with Gasteiger partial charge in [-0.25, -0.2) is 0 Å². The third-order valence-electron chi connectivity index (χ3n) is 2.55. The first-order chi connectivity index (χ1) is 7.09. The van der Waals surface area contributed by atoms with Crippen molar-refractivity contribution in [3.63, 3.8) is 0 Å². The SMILES string of the molecule is Cc1cc2c(cc1Cl)OCCC(=O)N2C. The van der Waals surface area contributed by atoms with Gasteiger partial charge in [-0.1, -0.05) is 11.6 Å². The molecule has 0 saturated carbocycles. The largest absolute Gasteiger partial charge is 0.491 e. The first-order valence-corrected chi connectivity index (χ1v) is 5.17. The zero-order valence-electron chi connectivity index (χ0n) is 8.71. The average Bonchev–Trinajstić information content (AvgIpc) is 2.32. The molecule has 0 aromatic heterocycles. The number of halogens is 1. The minimum atomic E-state index is 0.0653. The molecule has 0 fully saturated rings. The lowest BCUT2D eigenvalue weighted by atomic mass is 10.2. The van der Waals surface area contributed by atoms with E-state index >= 15 is 0 Å². The van der Waals surface area contributed by atoms with Gasteiger partial charge in [-0.2, -0.15) is 0 Å². The van der Waals surface area contributed by atoms with Gasteiger partial charge in [0.15, 0.2) is 0 Å². The molecule has 1 aromatic rings. The number of hydrogen-bond acceptors (Lipinski definition) is 2.